The molecule has 0 unspecified atom stereocenters. The zero-order valence-electron chi connectivity index (χ0n) is 11.8. The highest BCUT2D eigenvalue weighted by Gasteiger charge is 2.17. The van der Waals surface area contributed by atoms with Crippen LogP contribution < -0.4 is 10.1 Å². The minimum absolute atomic E-state index is 0.230. The van der Waals surface area contributed by atoms with Gasteiger partial charge in [-0.3, -0.25) is 0 Å². The fourth-order valence-electron chi connectivity index (χ4n) is 2.15. The Morgan fingerprint density at radius 3 is 2.29 bits per heavy atom. The molecule has 2 aromatic rings. The summed E-state index contributed by atoms with van der Waals surface area (Å²) in [6.45, 7) is 3.07. The van der Waals surface area contributed by atoms with Crippen molar-refractivity contribution in [2.24, 2.45) is 0 Å². The zero-order valence-corrected chi connectivity index (χ0v) is 11.8. The van der Waals surface area contributed by atoms with E-state index in [9.17, 15) is 13.2 Å². The fourth-order valence-corrected chi connectivity index (χ4v) is 2.15. The first-order valence-electron chi connectivity index (χ1n) is 6.59. The third kappa shape index (κ3) is 3.36. The summed E-state index contributed by atoms with van der Waals surface area (Å²) in [5, 5.41) is 3.10. The predicted octanol–water partition coefficient (Wildman–Crippen LogP) is 3.89. The van der Waals surface area contributed by atoms with Gasteiger partial charge in [-0.25, -0.2) is 13.2 Å². The summed E-state index contributed by atoms with van der Waals surface area (Å²) in [5.74, 6) is -2.18. The molecule has 21 heavy (non-hydrogen) atoms. The monoisotopic (exact) mass is 295 g/mol. The molecule has 0 bridgehead atoms. The maximum Gasteiger partial charge on any atom is 0.136 e. The van der Waals surface area contributed by atoms with Gasteiger partial charge in [0.05, 0.1) is 12.7 Å². The number of halogens is 3. The fraction of sp³-hybridized carbons (Fsp3) is 0.250. The lowest BCUT2D eigenvalue weighted by Crippen LogP contribution is -2.13. The lowest BCUT2D eigenvalue weighted by Gasteiger charge is -2.13. The first-order chi connectivity index (χ1) is 10.1. The largest absolute Gasteiger partial charge is 0.497 e. The van der Waals surface area contributed by atoms with Crippen LogP contribution in [0.3, 0.4) is 0 Å². The molecular weight excluding hydrogens is 279 g/mol. The van der Waals surface area contributed by atoms with E-state index in [0.29, 0.717) is 42.1 Å². The number of ether oxygens (including phenoxy) is 1. The molecule has 0 aromatic heterocycles. The van der Waals surface area contributed by atoms with Crippen LogP contribution >= 0.6 is 0 Å². The Balaban J connectivity index is 2.57. The third-order valence-corrected chi connectivity index (χ3v) is 3.15. The lowest BCUT2D eigenvalue weighted by molar-refractivity contribution is 0.414. The molecule has 112 valence electrons. The minimum Gasteiger partial charge on any atom is -0.497 e. The molecule has 0 aliphatic heterocycles. The summed E-state index contributed by atoms with van der Waals surface area (Å²) in [4.78, 5) is 0. The zero-order chi connectivity index (χ0) is 15.4. The van der Waals surface area contributed by atoms with Crippen LogP contribution in [0.1, 0.15) is 12.5 Å². The van der Waals surface area contributed by atoms with Gasteiger partial charge in [0.2, 0.25) is 0 Å². The van der Waals surface area contributed by atoms with Crippen LogP contribution in [0, 0.1) is 17.5 Å². The van der Waals surface area contributed by atoms with E-state index in [-0.39, 0.29) is 5.56 Å². The highest BCUT2D eigenvalue weighted by molar-refractivity contribution is 5.69. The van der Waals surface area contributed by atoms with Crippen LogP contribution in [0.4, 0.5) is 13.2 Å². The number of hydrogen-bond donors (Lipinski definition) is 1. The number of nitrogens with one attached hydrogen (secondary N) is 1. The van der Waals surface area contributed by atoms with E-state index < -0.39 is 17.5 Å². The van der Waals surface area contributed by atoms with E-state index in [1.54, 1.807) is 18.2 Å². The van der Waals surface area contributed by atoms with E-state index >= 15 is 0 Å². The molecule has 0 fully saturated rings. The summed E-state index contributed by atoms with van der Waals surface area (Å²) in [6.07, 6.45) is 0. The first kappa shape index (κ1) is 15.4. The quantitative estimate of drug-likeness (QED) is 0.903. The molecule has 0 heterocycles. The third-order valence-electron chi connectivity index (χ3n) is 3.15. The van der Waals surface area contributed by atoms with E-state index in [1.165, 1.54) is 7.11 Å². The molecule has 0 saturated carbocycles. The smallest absolute Gasteiger partial charge is 0.136 e. The van der Waals surface area contributed by atoms with Crippen molar-refractivity contribution in [2.45, 2.75) is 13.5 Å². The Bertz CT molecular complexity index is 620. The molecule has 0 radical (unpaired) electrons. The van der Waals surface area contributed by atoms with Gasteiger partial charge in [-0.15, -0.1) is 0 Å². The van der Waals surface area contributed by atoms with Crippen molar-refractivity contribution in [1.82, 2.24) is 5.32 Å². The Morgan fingerprint density at radius 1 is 1.05 bits per heavy atom. The summed E-state index contributed by atoms with van der Waals surface area (Å²) < 4.78 is 46.1. The van der Waals surface area contributed by atoms with Crippen LogP contribution in [-0.4, -0.2) is 13.7 Å². The molecule has 2 aromatic carbocycles. The van der Waals surface area contributed by atoms with Crippen molar-refractivity contribution in [3.63, 3.8) is 0 Å². The van der Waals surface area contributed by atoms with Crippen molar-refractivity contribution in [3.8, 4) is 16.9 Å². The highest BCUT2D eigenvalue weighted by Crippen LogP contribution is 2.32. The average molecular weight is 295 g/mol. The molecule has 0 aliphatic rings. The summed E-state index contributed by atoms with van der Waals surface area (Å²) >= 11 is 0. The van der Waals surface area contributed by atoms with Gasteiger partial charge in [-0.1, -0.05) is 13.0 Å². The van der Waals surface area contributed by atoms with Crippen LogP contribution in [0.15, 0.2) is 30.3 Å². The number of rotatable bonds is 5. The summed E-state index contributed by atoms with van der Waals surface area (Å²) in [7, 11) is 1.52. The second-order valence-corrected chi connectivity index (χ2v) is 4.55. The van der Waals surface area contributed by atoms with Gasteiger partial charge < -0.3 is 10.1 Å². The number of benzene rings is 2. The standard InChI is InChI=1S/C16H16F3NO/c1-3-20-9-10-6-12(21-2)4-5-13(10)16-14(18)7-11(17)8-15(16)19/h4-8,20H,3,9H2,1-2H3. The maximum absolute atomic E-state index is 13.9. The highest BCUT2D eigenvalue weighted by atomic mass is 19.1. The summed E-state index contributed by atoms with van der Waals surface area (Å²) in [5.41, 5.74) is 0.833. The molecule has 5 heteroatoms. The molecule has 0 atom stereocenters. The molecular formula is C16H16F3NO. The van der Waals surface area contributed by atoms with Crippen molar-refractivity contribution < 1.29 is 17.9 Å². The van der Waals surface area contributed by atoms with E-state index in [0.717, 1.165) is 0 Å². The SMILES string of the molecule is CCNCc1cc(OC)ccc1-c1c(F)cc(F)cc1F. The lowest BCUT2D eigenvalue weighted by atomic mass is 9.98. The van der Waals surface area contributed by atoms with Gasteiger partial charge in [-0.05, 0) is 29.8 Å². The van der Waals surface area contributed by atoms with Gasteiger partial charge in [0.1, 0.15) is 23.2 Å². The van der Waals surface area contributed by atoms with Crippen LogP contribution in [0.2, 0.25) is 0 Å². The predicted molar refractivity (Wildman–Crippen MR) is 75.7 cm³/mol. The van der Waals surface area contributed by atoms with Gasteiger partial charge in [0.25, 0.3) is 0 Å². The van der Waals surface area contributed by atoms with Gasteiger partial charge in [0, 0.05) is 18.7 Å². The number of methoxy groups -OCH3 is 1. The van der Waals surface area contributed by atoms with Crippen molar-refractivity contribution in [2.75, 3.05) is 13.7 Å². The molecule has 0 spiro atoms. The van der Waals surface area contributed by atoms with Gasteiger partial charge in [0.15, 0.2) is 0 Å². The van der Waals surface area contributed by atoms with Crippen molar-refractivity contribution in [3.05, 3.63) is 53.3 Å². The van der Waals surface area contributed by atoms with E-state index in [2.05, 4.69) is 5.32 Å². The first-order valence-corrected chi connectivity index (χ1v) is 6.59. The Labute approximate surface area is 121 Å². The van der Waals surface area contributed by atoms with Crippen LogP contribution in [0.25, 0.3) is 11.1 Å². The van der Waals surface area contributed by atoms with Crippen molar-refractivity contribution >= 4 is 0 Å². The second kappa shape index (κ2) is 6.63. The summed E-state index contributed by atoms with van der Waals surface area (Å²) in [6, 6.07) is 6.26. The van der Waals surface area contributed by atoms with Crippen molar-refractivity contribution in [1.29, 1.82) is 0 Å². The van der Waals surface area contributed by atoms with E-state index in [4.69, 9.17) is 4.74 Å². The molecule has 0 saturated heterocycles. The average Bonchev–Trinajstić information content (AvgIpc) is 2.44. The Morgan fingerprint density at radius 2 is 1.71 bits per heavy atom. The maximum atomic E-state index is 13.9. The Hall–Kier alpha value is -2.01. The van der Waals surface area contributed by atoms with E-state index in [1.807, 2.05) is 6.92 Å². The van der Waals surface area contributed by atoms with Crippen LogP contribution in [-0.2, 0) is 6.54 Å². The topological polar surface area (TPSA) is 21.3 Å². The molecule has 0 aliphatic carbocycles. The second-order valence-electron chi connectivity index (χ2n) is 4.55. The normalized spacial score (nSPS) is 10.7. The Kier molecular flexibility index (Phi) is 4.85. The van der Waals surface area contributed by atoms with Crippen LogP contribution in [0.5, 0.6) is 5.75 Å². The molecule has 2 nitrogen and oxygen atoms in total. The van der Waals surface area contributed by atoms with Gasteiger partial charge in [-0.2, -0.15) is 0 Å². The molecule has 2 rings (SSSR count). The number of hydrogen-bond acceptors (Lipinski definition) is 2. The molecule has 1 N–H and O–H groups in total. The van der Waals surface area contributed by atoms with Gasteiger partial charge >= 0.3 is 0 Å². The minimum atomic E-state index is -0.935. The molecule has 0 amide bonds.